The predicted molar refractivity (Wildman–Crippen MR) is 71.7 cm³/mol. The number of rotatable bonds is 0. The first-order valence-corrected chi connectivity index (χ1v) is 8.10. The molecule has 1 nitrogen and oxygen atoms in total. The fraction of sp³-hybridized carbons (Fsp3) is 1.00. The fourth-order valence-corrected chi connectivity index (χ4v) is 5.30. The molecule has 92 valence electrons. The maximum absolute atomic E-state index is 3.85. The lowest BCUT2D eigenvalue weighted by Gasteiger charge is -2.48. The van der Waals surface area contributed by atoms with Gasteiger partial charge in [-0.2, -0.15) is 0 Å². The van der Waals surface area contributed by atoms with Crippen molar-refractivity contribution in [2.45, 2.75) is 63.2 Å². The van der Waals surface area contributed by atoms with E-state index in [0.717, 1.165) is 11.3 Å². The predicted octanol–water partition coefficient (Wildman–Crippen LogP) is 3.79. The van der Waals surface area contributed by atoms with Crippen LogP contribution < -0.4 is 5.32 Å². The van der Waals surface area contributed by atoms with Gasteiger partial charge in [0.25, 0.3) is 0 Å². The third kappa shape index (κ3) is 2.03. The molecule has 3 aliphatic rings. The van der Waals surface area contributed by atoms with Crippen molar-refractivity contribution in [1.29, 1.82) is 0 Å². The lowest BCUT2D eigenvalue weighted by Crippen LogP contribution is -2.52. The van der Waals surface area contributed by atoms with E-state index in [1.165, 1.54) is 63.7 Å². The minimum atomic E-state index is 0.486. The zero-order valence-electron chi connectivity index (χ0n) is 10.6. The Morgan fingerprint density at radius 1 is 1.00 bits per heavy atom. The van der Waals surface area contributed by atoms with Crippen LogP contribution in [0.1, 0.15) is 58.3 Å². The Morgan fingerprint density at radius 2 is 1.69 bits per heavy atom. The summed E-state index contributed by atoms with van der Waals surface area (Å²) in [7, 11) is 0. The maximum atomic E-state index is 3.85. The van der Waals surface area contributed by atoms with Crippen molar-refractivity contribution in [3.63, 3.8) is 0 Å². The van der Waals surface area contributed by atoms with Gasteiger partial charge in [0.2, 0.25) is 0 Å². The molecule has 2 aliphatic carbocycles. The average molecular weight is 239 g/mol. The molecule has 2 heteroatoms. The van der Waals surface area contributed by atoms with Crippen molar-refractivity contribution in [3.8, 4) is 0 Å². The lowest BCUT2D eigenvalue weighted by molar-refractivity contribution is 0.151. The summed E-state index contributed by atoms with van der Waals surface area (Å²) in [5.41, 5.74) is 0.788. The fourth-order valence-electron chi connectivity index (χ4n) is 3.90. The first kappa shape index (κ1) is 11.4. The van der Waals surface area contributed by atoms with Gasteiger partial charge >= 0.3 is 0 Å². The molecule has 1 unspecified atom stereocenters. The minimum Gasteiger partial charge on any atom is -0.303 e. The molecule has 0 bridgehead atoms. The largest absolute Gasteiger partial charge is 0.303 e. The molecule has 3 fully saturated rings. The normalized spacial score (nSPS) is 36.9. The molecule has 0 aromatic carbocycles. The molecule has 1 aliphatic heterocycles. The van der Waals surface area contributed by atoms with Gasteiger partial charge in [0.15, 0.2) is 0 Å². The van der Waals surface area contributed by atoms with E-state index in [2.05, 4.69) is 24.0 Å². The van der Waals surface area contributed by atoms with Gasteiger partial charge in [0, 0.05) is 0 Å². The first-order valence-electron chi connectivity index (χ1n) is 7.11. The number of hydrogen-bond donors (Lipinski definition) is 1. The summed E-state index contributed by atoms with van der Waals surface area (Å²) in [6.45, 7) is 3.62. The zero-order valence-corrected chi connectivity index (χ0v) is 11.4. The summed E-state index contributed by atoms with van der Waals surface area (Å²) in [5, 5.41) is 3.85. The van der Waals surface area contributed by atoms with Crippen LogP contribution in [0, 0.1) is 11.3 Å². The monoisotopic (exact) mass is 239 g/mol. The maximum Gasteiger partial charge on any atom is 0.0645 e. The Balaban J connectivity index is 1.61. The van der Waals surface area contributed by atoms with Crippen molar-refractivity contribution in [3.05, 3.63) is 0 Å². The van der Waals surface area contributed by atoms with E-state index in [0.29, 0.717) is 4.87 Å². The van der Waals surface area contributed by atoms with E-state index in [1.54, 1.807) is 0 Å². The second kappa shape index (κ2) is 4.20. The summed E-state index contributed by atoms with van der Waals surface area (Å²) >= 11 is 2.23. The number of nitrogens with one attached hydrogen (secondary N) is 1. The van der Waals surface area contributed by atoms with Gasteiger partial charge in [0.05, 0.1) is 4.87 Å². The van der Waals surface area contributed by atoms with E-state index in [9.17, 15) is 0 Å². The molecule has 1 N–H and O–H groups in total. The average Bonchev–Trinajstić information content (AvgIpc) is 2.76. The van der Waals surface area contributed by atoms with E-state index < -0.39 is 0 Å². The zero-order chi connectivity index (χ0) is 11.1. The second-order valence-electron chi connectivity index (χ2n) is 6.50. The van der Waals surface area contributed by atoms with Gasteiger partial charge in [0.1, 0.15) is 0 Å². The Labute approximate surface area is 104 Å². The molecule has 2 saturated carbocycles. The van der Waals surface area contributed by atoms with Gasteiger partial charge < -0.3 is 5.32 Å². The molecule has 0 aromatic heterocycles. The van der Waals surface area contributed by atoms with E-state index in [1.807, 2.05) is 0 Å². The molecule has 1 heterocycles. The molecule has 1 saturated heterocycles. The highest BCUT2D eigenvalue weighted by atomic mass is 32.2. The lowest BCUT2D eigenvalue weighted by atomic mass is 9.71. The van der Waals surface area contributed by atoms with Crippen LogP contribution >= 0.6 is 11.8 Å². The first-order chi connectivity index (χ1) is 7.72. The minimum absolute atomic E-state index is 0.486. The summed E-state index contributed by atoms with van der Waals surface area (Å²) in [6, 6.07) is 0. The highest BCUT2D eigenvalue weighted by Crippen LogP contribution is 2.54. The van der Waals surface area contributed by atoms with Crippen molar-refractivity contribution in [2.75, 3.05) is 12.3 Å². The van der Waals surface area contributed by atoms with Crippen LogP contribution in [-0.4, -0.2) is 17.2 Å². The van der Waals surface area contributed by atoms with Crippen LogP contribution in [0.3, 0.4) is 0 Å². The molecular weight excluding hydrogens is 214 g/mol. The van der Waals surface area contributed by atoms with Crippen LogP contribution in [0.2, 0.25) is 0 Å². The van der Waals surface area contributed by atoms with E-state index in [4.69, 9.17) is 0 Å². The van der Waals surface area contributed by atoms with Gasteiger partial charge in [-0.1, -0.05) is 19.8 Å². The summed E-state index contributed by atoms with van der Waals surface area (Å²) in [5.74, 6) is 2.25. The van der Waals surface area contributed by atoms with Crippen LogP contribution in [-0.2, 0) is 0 Å². The third-order valence-corrected chi connectivity index (χ3v) is 7.04. The Hall–Kier alpha value is 0.310. The summed E-state index contributed by atoms with van der Waals surface area (Å²) in [4.78, 5) is 0.486. The SMILES string of the molecule is CC1CNC2(CCC3(CCCC3)CC2)SC1. The standard InChI is InChI=1S/C14H25NS/c1-12-10-15-14(16-11-12)8-6-13(7-9-14)4-2-3-5-13/h12,15H,2-11H2,1H3. The van der Waals surface area contributed by atoms with E-state index in [-0.39, 0.29) is 0 Å². The van der Waals surface area contributed by atoms with Crippen molar-refractivity contribution < 1.29 is 0 Å². The van der Waals surface area contributed by atoms with Crippen LogP contribution in [0.4, 0.5) is 0 Å². The summed E-state index contributed by atoms with van der Waals surface area (Å²) in [6.07, 6.45) is 11.9. The quantitative estimate of drug-likeness (QED) is 0.690. The number of hydrogen-bond acceptors (Lipinski definition) is 2. The van der Waals surface area contributed by atoms with Crippen molar-refractivity contribution in [1.82, 2.24) is 5.32 Å². The second-order valence-corrected chi connectivity index (χ2v) is 7.90. The van der Waals surface area contributed by atoms with Crippen molar-refractivity contribution >= 4 is 11.8 Å². The summed E-state index contributed by atoms with van der Waals surface area (Å²) < 4.78 is 0. The van der Waals surface area contributed by atoms with Gasteiger partial charge in [-0.25, -0.2) is 0 Å². The van der Waals surface area contributed by atoms with Gasteiger partial charge in [-0.3, -0.25) is 0 Å². The molecule has 1 atom stereocenters. The third-order valence-electron chi connectivity index (χ3n) is 5.20. The van der Waals surface area contributed by atoms with Gasteiger partial charge in [-0.15, -0.1) is 11.8 Å². The van der Waals surface area contributed by atoms with Gasteiger partial charge in [-0.05, 0) is 62.2 Å². The Morgan fingerprint density at radius 3 is 2.25 bits per heavy atom. The highest BCUT2D eigenvalue weighted by molar-refractivity contribution is 8.00. The van der Waals surface area contributed by atoms with Crippen LogP contribution in [0.25, 0.3) is 0 Å². The molecule has 3 rings (SSSR count). The topological polar surface area (TPSA) is 12.0 Å². The molecule has 0 aromatic rings. The molecule has 2 spiro atoms. The Kier molecular flexibility index (Phi) is 3.00. The molecular formula is C14H25NS. The van der Waals surface area contributed by atoms with E-state index >= 15 is 0 Å². The Bertz CT molecular complexity index is 237. The number of thioether (sulfide) groups is 1. The molecule has 16 heavy (non-hydrogen) atoms. The molecule has 0 amide bonds. The van der Waals surface area contributed by atoms with Crippen LogP contribution in [0.15, 0.2) is 0 Å². The van der Waals surface area contributed by atoms with Crippen LogP contribution in [0.5, 0.6) is 0 Å². The van der Waals surface area contributed by atoms with Crippen molar-refractivity contribution in [2.24, 2.45) is 11.3 Å². The molecule has 0 radical (unpaired) electrons. The highest BCUT2D eigenvalue weighted by Gasteiger charge is 2.45. The smallest absolute Gasteiger partial charge is 0.0645 e.